The summed E-state index contributed by atoms with van der Waals surface area (Å²) in [5.41, 5.74) is 0.342. The first-order valence-electron chi connectivity index (χ1n) is 7.00. The van der Waals surface area contributed by atoms with Crippen LogP contribution in [-0.2, 0) is 9.59 Å². The highest BCUT2D eigenvalue weighted by molar-refractivity contribution is 5.83. The lowest BCUT2D eigenvalue weighted by Crippen LogP contribution is -2.30. The van der Waals surface area contributed by atoms with Crippen LogP contribution in [0.15, 0.2) is 24.3 Å². The zero-order valence-corrected chi connectivity index (χ0v) is 12.3. The predicted molar refractivity (Wildman–Crippen MR) is 73.9 cm³/mol. The van der Waals surface area contributed by atoms with E-state index >= 15 is 0 Å². The van der Waals surface area contributed by atoms with Crippen molar-refractivity contribution in [3.05, 3.63) is 29.8 Å². The molecule has 0 radical (unpaired) electrons. The largest absolute Gasteiger partial charge is 0.573 e. The highest BCUT2D eigenvalue weighted by Crippen LogP contribution is 2.51. The van der Waals surface area contributed by atoms with Gasteiger partial charge in [0, 0.05) is 19.5 Å². The molecule has 1 aliphatic carbocycles. The van der Waals surface area contributed by atoms with E-state index in [0.29, 0.717) is 12.0 Å². The molecule has 8 heteroatoms. The second-order valence-corrected chi connectivity index (χ2v) is 5.44. The van der Waals surface area contributed by atoms with Gasteiger partial charge in [0.25, 0.3) is 0 Å². The third-order valence-corrected chi connectivity index (χ3v) is 3.69. The second-order valence-electron chi connectivity index (χ2n) is 5.44. The number of nitrogens with zero attached hydrogens (tertiary/aromatic N) is 1. The topological polar surface area (TPSA) is 66.8 Å². The molecule has 23 heavy (non-hydrogen) atoms. The van der Waals surface area contributed by atoms with Crippen molar-refractivity contribution in [1.82, 2.24) is 4.90 Å². The summed E-state index contributed by atoms with van der Waals surface area (Å²) in [4.78, 5) is 24.0. The fraction of sp³-hybridized carbons (Fsp3) is 0.467. The first kappa shape index (κ1) is 17.1. The van der Waals surface area contributed by atoms with Gasteiger partial charge in [-0.25, -0.2) is 0 Å². The quantitative estimate of drug-likeness (QED) is 0.870. The smallest absolute Gasteiger partial charge is 0.481 e. The van der Waals surface area contributed by atoms with E-state index < -0.39 is 18.2 Å². The molecule has 5 nitrogen and oxygen atoms in total. The highest BCUT2D eigenvalue weighted by Gasteiger charge is 2.47. The first-order chi connectivity index (χ1) is 10.7. The fourth-order valence-corrected chi connectivity index (χ4v) is 2.47. The van der Waals surface area contributed by atoms with Crippen molar-refractivity contribution >= 4 is 11.9 Å². The van der Waals surface area contributed by atoms with Crippen LogP contribution >= 0.6 is 0 Å². The molecule has 126 valence electrons. The number of rotatable bonds is 6. The number of amides is 1. The molecule has 0 saturated heterocycles. The maximum absolute atomic E-state index is 12.4. The van der Waals surface area contributed by atoms with E-state index in [9.17, 15) is 22.8 Å². The standard InChI is InChI=1S/C15H16F3NO4/c1-19(7-6-13(20)21)14(22)11-8-10(11)9-4-2-3-5-12(9)23-15(16,17)18/h2-5,10-11H,6-8H2,1H3,(H,20,21)/t10-,11-/m1/s1. The molecule has 0 heterocycles. The van der Waals surface area contributed by atoms with E-state index in [0.717, 1.165) is 0 Å². The van der Waals surface area contributed by atoms with Gasteiger partial charge in [0.15, 0.2) is 0 Å². The summed E-state index contributed by atoms with van der Waals surface area (Å²) >= 11 is 0. The van der Waals surface area contributed by atoms with Crippen molar-refractivity contribution in [3.63, 3.8) is 0 Å². The number of carbonyl (C=O) groups excluding carboxylic acids is 1. The molecule has 1 amide bonds. The Bertz CT molecular complexity index is 603. The van der Waals surface area contributed by atoms with Gasteiger partial charge in [0.1, 0.15) is 5.75 Å². The number of benzene rings is 1. The minimum atomic E-state index is -4.79. The third kappa shape index (κ3) is 4.61. The van der Waals surface area contributed by atoms with Crippen LogP contribution in [0, 0.1) is 5.92 Å². The van der Waals surface area contributed by atoms with Gasteiger partial charge in [-0.05, 0) is 24.0 Å². The Morgan fingerprint density at radius 2 is 2.00 bits per heavy atom. The summed E-state index contributed by atoms with van der Waals surface area (Å²) in [6.07, 6.45) is -4.54. The third-order valence-electron chi connectivity index (χ3n) is 3.69. The van der Waals surface area contributed by atoms with E-state index in [1.807, 2.05) is 0 Å². The van der Waals surface area contributed by atoms with Crippen molar-refractivity contribution in [1.29, 1.82) is 0 Å². The van der Waals surface area contributed by atoms with Crippen molar-refractivity contribution in [2.45, 2.75) is 25.1 Å². The SMILES string of the molecule is CN(CCC(=O)O)C(=O)[C@@H]1C[C@@H]1c1ccccc1OC(F)(F)F. The number of para-hydroxylation sites is 1. The zero-order chi connectivity index (χ0) is 17.2. The van der Waals surface area contributed by atoms with Crippen LogP contribution in [0.2, 0.25) is 0 Å². The van der Waals surface area contributed by atoms with Gasteiger partial charge in [0.05, 0.1) is 6.42 Å². The summed E-state index contributed by atoms with van der Waals surface area (Å²) in [7, 11) is 1.48. The maximum atomic E-state index is 12.4. The summed E-state index contributed by atoms with van der Waals surface area (Å²) < 4.78 is 41.2. The number of carboxylic acids is 1. The molecule has 1 N–H and O–H groups in total. The van der Waals surface area contributed by atoms with Gasteiger partial charge in [-0.2, -0.15) is 0 Å². The van der Waals surface area contributed by atoms with Gasteiger partial charge in [0.2, 0.25) is 5.91 Å². The summed E-state index contributed by atoms with van der Waals surface area (Å²) in [5, 5.41) is 8.61. The highest BCUT2D eigenvalue weighted by atomic mass is 19.4. The molecule has 0 spiro atoms. The van der Waals surface area contributed by atoms with Crippen LogP contribution < -0.4 is 4.74 Å². The number of halogens is 3. The Morgan fingerprint density at radius 1 is 1.35 bits per heavy atom. The van der Waals surface area contributed by atoms with E-state index in [2.05, 4.69) is 4.74 Å². The number of carboxylic acid groups (broad SMARTS) is 1. The molecular formula is C15H16F3NO4. The number of hydrogen-bond donors (Lipinski definition) is 1. The Morgan fingerprint density at radius 3 is 2.61 bits per heavy atom. The van der Waals surface area contributed by atoms with Crippen LogP contribution in [0.25, 0.3) is 0 Å². The van der Waals surface area contributed by atoms with Crippen molar-refractivity contribution < 1.29 is 32.6 Å². The molecule has 1 aromatic carbocycles. The molecule has 0 unspecified atom stereocenters. The van der Waals surface area contributed by atoms with Gasteiger partial charge in [-0.15, -0.1) is 13.2 Å². The molecule has 1 aromatic rings. The molecule has 1 fully saturated rings. The Hall–Kier alpha value is -2.25. The Balaban J connectivity index is 2.03. The molecule has 0 bridgehead atoms. The van der Waals surface area contributed by atoms with Crippen LogP contribution in [0.5, 0.6) is 5.75 Å². The van der Waals surface area contributed by atoms with Crippen LogP contribution in [0.3, 0.4) is 0 Å². The minimum Gasteiger partial charge on any atom is -0.481 e. The van der Waals surface area contributed by atoms with Crippen LogP contribution in [0.1, 0.15) is 24.3 Å². The van der Waals surface area contributed by atoms with Gasteiger partial charge in [-0.3, -0.25) is 9.59 Å². The molecule has 0 aromatic heterocycles. The molecule has 1 saturated carbocycles. The summed E-state index contributed by atoms with van der Waals surface area (Å²) in [6.45, 7) is 0.0675. The summed E-state index contributed by atoms with van der Waals surface area (Å²) in [6, 6.07) is 5.75. The van der Waals surface area contributed by atoms with Crippen LogP contribution in [-0.4, -0.2) is 41.8 Å². The fourth-order valence-electron chi connectivity index (χ4n) is 2.47. The number of ether oxygens (including phenoxy) is 1. The van der Waals surface area contributed by atoms with Crippen molar-refractivity contribution in [3.8, 4) is 5.75 Å². The molecule has 2 atom stereocenters. The van der Waals surface area contributed by atoms with Gasteiger partial charge >= 0.3 is 12.3 Å². The summed E-state index contributed by atoms with van der Waals surface area (Å²) in [5.74, 6) is -2.35. The van der Waals surface area contributed by atoms with Crippen molar-refractivity contribution in [2.24, 2.45) is 5.92 Å². The molecule has 0 aliphatic heterocycles. The Labute approximate surface area is 130 Å². The monoisotopic (exact) mass is 331 g/mol. The van der Waals surface area contributed by atoms with Gasteiger partial charge < -0.3 is 14.7 Å². The molecular weight excluding hydrogens is 315 g/mol. The number of carbonyl (C=O) groups is 2. The maximum Gasteiger partial charge on any atom is 0.573 e. The Kier molecular flexibility index (Phi) is 4.82. The van der Waals surface area contributed by atoms with Crippen LogP contribution in [0.4, 0.5) is 13.2 Å². The van der Waals surface area contributed by atoms with E-state index in [1.165, 1.54) is 30.1 Å². The lowest BCUT2D eigenvalue weighted by atomic mass is 10.1. The van der Waals surface area contributed by atoms with Crippen molar-refractivity contribution in [2.75, 3.05) is 13.6 Å². The minimum absolute atomic E-state index is 0.0675. The van der Waals surface area contributed by atoms with E-state index in [4.69, 9.17) is 5.11 Å². The molecule has 2 rings (SSSR count). The predicted octanol–water partition coefficient (Wildman–Crippen LogP) is 2.62. The average Bonchev–Trinajstić information content (AvgIpc) is 3.23. The number of alkyl halides is 3. The van der Waals surface area contributed by atoms with Gasteiger partial charge in [-0.1, -0.05) is 18.2 Å². The zero-order valence-electron chi connectivity index (χ0n) is 12.3. The normalized spacial score (nSPS) is 20.0. The average molecular weight is 331 g/mol. The lowest BCUT2D eigenvalue weighted by Gasteiger charge is -2.17. The second kappa shape index (κ2) is 6.47. The lowest BCUT2D eigenvalue weighted by molar-refractivity contribution is -0.274. The van der Waals surface area contributed by atoms with E-state index in [-0.39, 0.29) is 30.5 Å². The number of hydrogen-bond acceptors (Lipinski definition) is 3. The first-order valence-corrected chi connectivity index (χ1v) is 7.00. The molecule has 1 aliphatic rings. The van der Waals surface area contributed by atoms with E-state index in [1.54, 1.807) is 6.07 Å². The number of aliphatic carboxylic acids is 1.